The summed E-state index contributed by atoms with van der Waals surface area (Å²) in [5.41, 5.74) is 1.12. The highest BCUT2D eigenvalue weighted by atomic mass is 32.2. The number of ether oxygens (including phenoxy) is 1. The number of carbonyl (C=O) groups excluding carboxylic acids is 2. The molecule has 1 aromatic carbocycles. The lowest BCUT2D eigenvalue weighted by molar-refractivity contribution is -0.127. The van der Waals surface area contributed by atoms with Gasteiger partial charge < -0.3 is 15.4 Å². The number of amides is 2. The molecule has 0 saturated carbocycles. The van der Waals surface area contributed by atoms with Crippen molar-refractivity contribution in [3.05, 3.63) is 29.8 Å². The van der Waals surface area contributed by atoms with E-state index in [0.717, 1.165) is 22.8 Å². The molecule has 1 fully saturated rings. The van der Waals surface area contributed by atoms with E-state index >= 15 is 0 Å². The van der Waals surface area contributed by atoms with Gasteiger partial charge in [-0.15, -0.1) is 23.5 Å². The number of thioether (sulfide) groups is 2. The first-order chi connectivity index (χ1) is 11.1. The Bertz CT molecular complexity index is 546. The van der Waals surface area contributed by atoms with Crippen LogP contribution < -0.4 is 15.4 Å². The number of rotatable bonds is 7. The van der Waals surface area contributed by atoms with Crippen LogP contribution in [0, 0.1) is 0 Å². The van der Waals surface area contributed by atoms with Crippen LogP contribution in [-0.4, -0.2) is 42.5 Å². The second-order valence-corrected chi connectivity index (χ2v) is 8.12. The molecule has 5 nitrogen and oxygen atoms in total. The first-order valence-corrected chi connectivity index (χ1v) is 9.67. The monoisotopic (exact) mass is 354 g/mol. The Hall–Kier alpha value is -1.34. The van der Waals surface area contributed by atoms with E-state index in [1.165, 1.54) is 0 Å². The van der Waals surface area contributed by atoms with Crippen molar-refractivity contribution < 1.29 is 14.3 Å². The first-order valence-electron chi connectivity index (χ1n) is 7.57. The van der Waals surface area contributed by atoms with Crippen LogP contribution in [0.4, 0.5) is 0 Å². The summed E-state index contributed by atoms with van der Waals surface area (Å²) in [5.74, 6) is 2.50. The number of benzene rings is 1. The van der Waals surface area contributed by atoms with Crippen molar-refractivity contribution in [3.8, 4) is 5.75 Å². The molecule has 23 heavy (non-hydrogen) atoms. The summed E-state index contributed by atoms with van der Waals surface area (Å²) in [6.07, 6.45) is 0. The number of carbonyl (C=O) groups is 2. The van der Waals surface area contributed by atoms with Crippen molar-refractivity contribution in [2.45, 2.75) is 24.5 Å². The topological polar surface area (TPSA) is 67.4 Å². The standard InChI is InChI=1S/C16H22N2O3S2/c1-11(2)18-14(19)9-17-15(20)10-21-13-6-4-3-5-12(13)16-22-7-8-23-16/h3-6,11,16H,7-10H2,1-2H3,(H,17,20)(H,18,19). The fourth-order valence-corrected chi connectivity index (χ4v) is 5.00. The van der Waals surface area contributed by atoms with Crippen LogP contribution in [0.3, 0.4) is 0 Å². The number of hydrogen-bond acceptors (Lipinski definition) is 5. The van der Waals surface area contributed by atoms with Crippen LogP contribution in [0.5, 0.6) is 5.75 Å². The van der Waals surface area contributed by atoms with Crippen LogP contribution in [-0.2, 0) is 9.59 Å². The Labute approximate surface area is 145 Å². The molecule has 2 rings (SSSR count). The third-order valence-electron chi connectivity index (χ3n) is 3.05. The molecular weight excluding hydrogens is 332 g/mol. The zero-order valence-corrected chi connectivity index (χ0v) is 15.0. The maximum absolute atomic E-state index is 11.8. The van der Waals surface area contributed by atoms with Crippen molar-refractivity contribution in [2.24, 2.45) is 0 Å². The van der Waals surface area contributed by atoms with Crippen LogP contribution in [0.1, 0.15) is 24.0 Å². The number of hydrogen-bond donors (Lipinski definition) is 2. The molecule has 1 aromatic rings. The normalized spacial score (nSPS) is 14.7. The summed E-state index contributed by atoms with van der Waals surface area (Å²) < 4.78 is 6.02. The van der Waals surface area contributed by atoms with Gasteiger partial charge in [0, 0.05) is 23.1 Å². The van der Waals surface area contributed by atoms with Crippen molar-refractivity contribution in [1.29, 1.82) is 0 Å². The van der Waals surface area contributed by atoms with Gasteiger partial charge >= 0.3 is 0 Å². The second kappa shape index (κ2) is 9.08. The van der Waals surface area contributed by atoms with E-state index in [-0.39, 0.29) is 31.0 Å². The zero-order valence-electron chi connectivity index (χ0n) is 13.3. The van der Waals surface area contributed by atoms with E-state index in [4.69, 9.17) is 4.74 Å². The van der Waals surface area contributed by atoms with Crippen LogP contribution in [0.2, 0.25) is 0 Å². The molecule has 7 heteroatoms. The van der Waals surface area contributed by atoms with Gasteiger partial charge in [-0.2, -0.15) is 0 Å². The maximum Gasteiger partial charge on any atom is 0.258 e. The quantitative estimate of drug-likeness (QED) is 0.786. The van der Waals surface area contributed by atoms with Gasteiger partial charge in [-0.25, -0.2) is 0 Å². The average molecular weight is 354 g/mol. The number of para-hydroxylation sites is 1. The Morgan fingerprint density at radius 1 is 1.22 bits per heavy atom. The largest absolute Gasteiger partial charge is 0.483 e. The lowest BCUT2D eigenvalue weighted by Crippen LogP contribution is -2.41. The fraction of sp³-hybridized carbons (Fsp3) is 0.500. The smallest absolute Gasteiger partial charge is 0.258 e. The number of nitrogens with one attached hydrogen (secondary N) is 2. The summed E-state index contributed by atoms with van der Waals surface area (Å²) in [5, 5.41) is 5.28. The lowest BCUT2D eigenvalue weighted by Gasteiger charge is -2.15. The lowest BCUT2D eigenvalue weighted by atomic mass is 10.2. The Balaban J connectivity index is 1.81. The van der Waals surface area contributed by atoms with E-state index in [1.807, 2.05) is 61.6 Å². The first kappa shape index (κ1) is 18.0. The van der Waals surface area contributed by atoms with E-state index in [0.29, 0.717) is 4.58 Å². The molecular formula is C16H22N2O3S2. The van der Waals surface area contributed by atoms with Crippen molar-refractivity contribution in [2.75, 3.05) is 24.7 Å². The molecule has 0 aromatic heterocycles. The average Bonchev–Trinajstić information content (AvgIpc) is 3.05. The molecule has 0 aliphatic carbocycles. The molecule has 2 amide bonds. The molecule has 1 aliphatic heterocycles. The third kappa shape index (κ3) is 5.99. The van der Waals surface area contributed by atoms with Gasteiger partial charge in [0.05, 0.1) is 11.1 Å². The summed E-state index contributed by atoms with van der Waals surface area (Å²) >= 11 is 3.79. The van der Waals surface area contributed by atoms with Crippen LogP contribution >= 0.6 is 23.5 Å². The molecule has 1 heterocycles. The molecule has 1 aliphatic rings. The van der Waals surface area contributed by atoms with E-state index in [9.17, 15) is 9.59 Å². The van der Waals surface area contributed by atoms with Gasteiger partial charge in [-0.3, -0.25) is 9.59 Å². The minimum atomic E-state index is -0.301. The van der Waals surface area contributed by atoms with Crippen molar-refractivity contribution in [1.82, 2.24) is 10.6 Å². The third-order valence-corrected chi connectivity index (χ3v) is 6.12. The minimum Gasteiger partial charge on any atom is -0.483 e. The molecule has 0 radical (unpaired) electrons. The van der Waals surface area contributed by atoms with Crippen molar-refractivity contribution >= 4 is 35.3 Å². The molecule has 0 spiro atoms. The molecule has 126 valence electrons. The van der Waals surface area contributed by atoms with E-state index < -0.39 is 0 Å². The van der Waals surface area contributed by atoms with Crippen LogP contribution in [0.15, 0.2) is 24.3 Å². The Kier molecular flexibility index (Phi) is 7.11. The summed E-state index contributed by atoms with van der Waals surface area (Å²) in [7, 11) is 0. The molecule has 1 saturated heterocycles. The van der Waals surface area contributed by atoms with Gasteiger partial charge in [0.25, 0.3) is 5.91 Å². The molecule has 2 N–H and O–H groups in total. The maximum atomic E-state index is 11.8. The fourth-order valence-electron chi connectivity index (χ4n) is 2.09. The molecule has 0 bridgehead atoms. The van der Waals surface area contributed by atoms with Crippen molar-refractivity contribution in [3.63, 3.8) is 0 Å². The highest BCUT2D eigenvalue weighted by Gasteiger charge is 2.21. The van der Waals surface area contributed by atoms with E-state index in [2.05, 4.69) is 10.6 Å². The summed E-state index contributed by atoms with van der Waals surface area (Å²) in [6, 6.07) is 7.87. The highest BCUT2D eigenvalue weighted by molar-refractivity contribution is 8.19. The van der Waals surface area contributed by atoms with Gasteiger partial charge in [0.15, 0.2) is 6.61 Å². The Morgan fingerprint density at radius 3 is 2.61 bits per heavy atom. The summed E-state index contributed by atoms with van der Waals surface area (Å²) in [4.78, 5) is 23.3. The van der Waals surface area contributed by atoms with Gasteiger partial charge in [0.2, 0.25) is 5.91 Å². The molecule has 0 unspecified atom stereocenters. The SMILES string of the molecule is CC(C)NC(=O)CNC(=O)COc1ccccc1C1SCCS1. The highest BCUT2D eigenvalue weighted by Crippen LogP contribution is 2.48. The van der Waals surface area contributed by atoms with Gasteiger partial charge in [0.1, 0.15) is 5.75 Å². The minimum absolute atomic E-state index is 0.0314. The zero-order chi connectivity index (χ0) is 16.7. The van der Waals surface area contributed by atoms with Gasteiger partial charge in [-0.1, -0.05) is 18.2 Å². The van der Waals surface area contributed by atoms with E-state index in [1.54, 1.807) is 0 Å². The Morgan fingerprint density at radius 2 is 1.91 bits per heavy atom. The predicted octanol–water partition coefficient (Wildman–Crippen LogP) is 2.18. The van der Waals surface area contributed by atoms with Crippen LogP contribution in [0.25, 0.3) is 0 Å². The summed E-state index contributed by atoms with van der Waals surface area (Å²) in [6.45, 7) is 3.63. The van der Waals surface area contributed by atoms with Gasteiger partial charge in [-0.05, 0) is 19.9 Å². The predicted molar refractivity (Wildman–Crippen MR) is 95.9 cm³/mol. The molecule has 0 atom stereocenters. The second-order valence-electron chi connectivity index (χ2n) is 5.40.